The Hall–Kier alpha value is -3.52. The summed E-state index contributed by atoms with van der Waals surface area (Å²) in [5.74, 6) is -5.02. The maximum atomic E-state index is 12.8. The summed E-state index contributed by atoms with van der Waals surface area (Å²) in [7, 11) is 0. The summed E-state index contributed by atoms with van der Waals surface area (Å²) in [6.45, 7) is 2.95. The molecule has 14 heteroatoms. The Morgan fingerprint density at radius 2 is 1.59 bits per heavy atom. The fraction of sp³-hybridized carbons (Fsp3) is 0.600. The summed E-state index contributed by atoms with van der Waals surface area (Å²) in [5.41, 5.74) is 6.23. The van der Waals surface area contributed by atoms with E-state index < -0.39 is 66.9 Å². The van der Waals surface area contributed by atoms with Crippen LogP contribution in [0, 0.1) is 5.92 Å². The number of H-pyrrole nitrogens is 1. The van der Waals surface area contributed by atoms with E-state index in [1.54, 1.807) is 0 Å². The molecule has 0 saturated heterocycles. The van der Waals surface area contributed by atoms with E-state index in [1.807, 2.05) is 13.8 Å². The van der Waals surface area contributed by atoms with Crippen molar-refractivity contribution in [2.45, 2.75) is 63.7 Å². The number of carboxylic acid groups (broad SMARTS) is 2. The number of hydrogen-bond acceptors (Lipinski definition) is 8. The molecule has 0 spiro atoms. The lowest BCUT2D eigenvalue weighted by molar-refractivity contribution is -0.143. The number of aromatic nitrogens is 2. The van der Waals surface area contributed by atoms with E-state index in [-0.39, 0.29) is 18.8 Å². The van der Waals surface area contributed by atoms with Crippen LogP contribution >= 0.6 is 0 Å². The van der Waals surface area contributed by atoms with Gasteiger partial charge in [-0.25, -0.2) is 9.78 Å². The number of nitrogens with two attached hydrogens (primary N) is 1. The van der Waals surface area contributed by atoms with E-state index in [1.165, 1.54) is 12.5 Å². The smallest absolute Gasteiger partial charge is 0.326 e. The van der Waals surface area contributed by atoms with Crippen molar-refractivity contribution in [3.63, 3.8) is 0 Å². The highest BCUT2D eigenvalue weighted by atomic mass is 16.4. The van der Waals surface area contributed by atoms with Crippen LogP contribution in [0.4, 0.5) is 0 Å². The Morgan fingerprint density at radius 3 is 2.09 bits per heavy atom. The van der Waals surface area contributed by atoms with Gasteiger partial charge in [-0.15, -0.1) is 0 Å². The van der Waals surface area contributed by atoms with Crippen molar-refractivity contribution < 1.29 is 39.3 Å². The molecule has 4 unspecified atom stereocenters. The SMILES string of the molecule is CC(C)CC(N)C(=O)NC(CO)C(=O)NC(Cc1cnc[nH]1)C(=O)NC(CCC(=O)O)C(=O)O. The first kappa shape index (κ1) is 28.5. The number of carboxylic acids is 2. The maximum absolute atomic E-state index is 12.8. The number of carbonyl (C=O) groups excluding carboxylic acids is 3. The molecular weight excluding hydrogens is 452 g/mol. The van der Waals surface area contributed by atoms with Crippen LogP contribution in [-0.2, 0) is 30.4 Å². The molecule has 0 bridgehead atoms. The van der Waals surface area contributed by atoms with Crippen LogP contribution in [0.5, 0.6) is 0 Å². The molecular formula is C20H32N6O8. The molecule has 0 fully saturated rings. The molecule has 1 aromatic rings. The first-order chi connectivity index (χ1) is 15.9. The van der Waals surface area contributed by atoms with Crippen molar-refractivity contribution in [1.82, 2.24) is 25.9 Å². The van der Waals surface area contributed by atoms with Gasteiger partial charge in [-0.05, 0) is 18.8 Å². The van der Waals surface area contributed by atoms with Crippen molar-refractivity contribution in [1.29, 1.82) is 0 Å². The zero-order chi connectivity index (χ0) is 25.8. The number of nitrogens with one attached hydrogen (secondary N) is 4. The van der Waals surface area contributed by atoms with Gasteiger partial charge in [0.1, 0.15) is 18.1 Å². The van der Waals surface area contributed by atoms with E-state index in [0.29, 0.717) is 12.1 Å². The molecule has 1 heterocycles. The van der Waals surface area contributed by atoms with Crippen LogP contribution in [0.2, 0.25) is 0 Å². The van der Waals surface area contributed by atoms with Crippen molar-refractivity contribution in [3.8, 4) is 0 Å². The number of hydrogen-bond donors (Lipinski definition) is 8. The Balaban J connectivity index is 2.94. The molecule has 14 nitrogen and oxygen atoms in total. The topological polar surface area (TPSA) is 237 Å². The minimum atomic E-state index is -1.51. The van der Waals surface area contributed by atoms with Crippen molar-refractivity contribution in [3.05, 3.63) is 18.2 Å². The molecule has 34 heavy (non-hydrogen) atoms. The lowest BCUT2D eigenvalue weighted by Gasteiger charge is -2.24. The predicted octanol–water partition coefficient (Wildman–Crippen LogP) is -2.28. The number of rotatable bonds is 15. The van der Waals surface area contributed by atoms with Crippen molar-refractivity contribution in [2.75, 3.05) is 6.61 Å². The van der Waals surface area contributed by atoms with Crippen LogP contribution < -0.4 is 21.7 Å². The third kappa shape index (κ3) is 9.95. The molecule has 9 N–H and O–H groups in total. The summed E-state index contributed by atoms with van der Waals surface area (Å²) in [6, 6.07) is -5.15. The Bertz CT molecular complexity index is 844. The highest BCUT2D eigenvalue weighted by Gasteiger charge is 2.30. The fourth-order valence-electron chi connectivity index (χ4n) is 2.98. The van der Waals surface area contributed by atoms with Gasteiger partial charge in [0, 0.05) is 24.7 Å². The quantitative estimate of drug-likeness (QED) is 0.133. The van der Waals surface area contributed by atoms with Gasteiger partial charge < -0.3 is 42.0 Å². The number of carbonyl (C=O) groups is 5. The number of amides is 3. The molecule has 190 valence electrons. The minimum absolute atomic E-state index is 0.118. The minimum Gasteiger partial charge on any atom is -0.481 e. The summed E-state index contributed by atoms with van der Waals surface area (Å²) < 4.78 is 0. The average Bonchev–Trinajstić information content (AvgIpc) is 3.26. The molecule has 0 aliphatic carbocycles. The van der Waals surface area contributed by atoms with Gasteiger partial charge in [0.2, 0.25) is 17.7 Å². The molecule has 0 saturated carbocycles. The monoisotopic (exact) mass is 484 g/mol. The molecule has 1 aromatic heterocycles. The second-order valence-corrected chi connectivity index (χ2v) is 8.15. The third-order valence-corrected chi connectivity index (χ3v) is 4.75. The third-order valence-electron chi connectivity index (χ3n) is 4.75. The standard InChI is InChI=1S/C20H32N6O8/c1-10(2)5-12(21)17(30)26-15(8-27)19(32)25-14(6-11-7-22-9-23-11)18(31)24-13(20(33)34)3-4-16(28)29/h7,9-10,12-15,27H,3-6,8,21H2,1-2H3,(H,22,23)(H,24,31)(H,25,32)(H,26,30)(H,28,29)(H,33,34). The number of aliphatic carboxylic acids is 2. The second-order valence-electron chi connectivity index (χ2n) is 8.15. The molecule has 1 rings (SSSR count). The summed E-state index contributed by atoms with van der Waals surface area (Å²) >= 11 is 0. The van der Waals surface area contributed by atoms with Crippen LogP contribution in [0.15, 0.2) is 12.5 Å². The summed E-state index contributed by atoms with van der Waals surface area (Å²) in [4.78, 5) is 66.5. The van der Waals surface area contributed by atoms with Crippen LogP contribution in [0.3, 0.4) is 0 Å². The zero-order valence-electron chi connectivity index (χ0n) is 19.0. The van der Waals surface area contributed by atoms with Gasteiger partial charge in [0.05, 0.1) is 19.0 Å². The summed E-state index contributed by atoms with van der Waals surface area (Å²) in [6.07, 6.45) is 2.09. The van der Waals surface area contributed by atoms with Crippen molar-refractivity contribution >= 4 is 29.7 Å². The predicted molar refractivity (Wildman–Crippen MR) is 117 cm³/mol. The summed E-state index contributed by atoms with van der Waals surface area (Å²) in [5, 5.41) is 34.6. The second kappa shape index (κ2) is 13.9. The van der Waals surface area contributed by atoms with E-state index in [4.69, 9.17) is 10.8 Å². The first-order valence-electron chi connectivity index (χ1n) is 10.6. The number of aromatic amines is 1. The van der Waals surface area contributed by atoms with Gasteiger partial charge in [0.25, 0.3) is 0 Å². The highest BCUT2D eigenvalue weighted by Crippen LogP contribution is 2.05. The number of aliphatic hydroxyl groups is 1. The van der Waals surface area contributed by atoms with E-state index >= 15 is 0 Å². The Labute approximate surface area is 195 Å². The van der Waals surface area contributed by atoms with E-state index in [9.17, 15) is 34.2 Å². The number of aliphatic hydroxyl groups excluding tert-OH is 1. The van der Waals surface area contributed by atoms with Gasteiger partial charge >= 0.3 is 11.9 Å². The van der Waals surface area contributed by atoms with E-state index in [2.05, 4.69) is 25.9 Å². The zero-order valence-corrected chi connectivity index (χ0v) is 19.0. The molecule has 3 amide bonds. The molecule has 0 aromatic carbocycles. The van der Waals surface area contributed by atoms with Crippen LogP contribution in [0.25, 0.3) is 0 Å². The van der Waals surface area contributed by atoms with E-state index in [0.717, 1.165) is 0 Å². The lowest BCUT2D eigenvalue weighted by atomic mass is 10.0. The fourth-order valence-corrected chi connectivity index (χ4v) is 2.98. The van der Waals surface area contributed by atoms with Gasteiger partial charge in [-0.1, -0.05) is 13.8 Å². The molecule has 4 atom stereocenters. The average molecular weight is 485 g/mol. The maximum Gasteiger partial charge on any atom is 0.326 e. The van der Waals surface area contributed by atoms with Crippen LogP contribution in [-0.4, -0.2) is 85.7 Å². The Morgan fingerprint density at radius 1 is 1.00 bits per heavy atom. The normalized spacial score (nSPS) is 14.5. The largest absolute Gasteiger partial charge is 0.481 e. The number of imidazole rings is 1. The molecule has 0 radical (unpaired) electrons. The molecule has 0 aliphatic heterocycles. The Kier molecular flexibility index (Phi) is 11.7. The highest BCUT2D eigenvalue weighted by molar-refractivity contribution is 5.94. The van der Waals surface area contributed by atoms with Crippen molar-refractivity contribution in [2.24, 2.45) is 11.7 Å². The lowest BCUT2D eigenvalue weighted by Crippen LogP contribution is -2.58. The van der Waals surface area contributed by atoms with Gasteiger partial charge in [-0.2, -0.15) is 0 Å². The first-order valence-corrected chi connectivity index (χ1v) is 10.6. The van der Waals surface area contributed by atoms with Crippen LogP contribution in [0.1, 0.15) is 38.8 Å². The van der Waals surface area contributed by atoms with Gasteiger partial charge in [-0.3, -0.25) is 19.2 Å². The van der Waals surface area contributed by atoms with Gasteiger partial charge in [0.15, 0.2) is 0 Å². The number of nitrogens with zero attached hydrogens (tertiary/aromatic N) is 1. The molecule has 0 aliphatic rings.